The van der Waals surface area contributed by atoms with Crippen LogP contribution in [0.3, 0.4) is 0 Å². The molecule has 23 heavy (non-hydrogen) atoms. The van der Waals surface area contributed by atoms with Crippen LogP contribution in [0.5, 0.6) is 0 Å². The van der Waals surface area contributed by atoms with Crippen molar-refractivity contribution < 1.29 is 9.59 Å². The van der Waals surface area contributed by atoms with E-state index in [2.05, 4.69) is 5.32 Å². The summed E-state index contributed by atoms with van der Waals surface area (Å²) in [6.45, 7) is 3.86. The van der Waals surface area contributed by atoms with E-state index in [-0.39, 0.29) is 17.1 Å². The zero-order valence-corrected chi connectivity index (χ0v) is 13.7. The van der Waals surface area contributed by atoms with Crippen LogP contribution in [-0.4, -0.2) is 17.1 Å². The molecule has 2 aromatic rings. The number of hydrogen-bond acceptors (Lipinski definition) is 3. The van der Waals surface area contributed by atoms with E-state index >= 15 is 0 Å². The van der Waals surface area contributed by atoms with Crippen LogP contribution in [-0.2, 0) is 14.5 Å². The van der Waals surface area contributed by atoms with E-state index in [1.165, 1.54) is 11.8 Å². The molecule has 4 rings (SSSR count). The molecule has 116 valence electrons. The first-order valence-corrected chi connectivity index (χ1v) is 8.41. The largest absolute Gasteiger partial charge is 0.323 e. The molecule has 2 heterocycles. The van der Waals surface area contributed by atoms with Gasteiger partial charge < -0.3 is 5.32 Å². The molecule has 2 aliphatic heterocycles. The Morgan fingerprint density at radius 2 is 1.78 bits per heavy atom. The second kappa shape index (κ2) is 4.86. The minimum Gasteiger partial charge on any atom is -0.323 e. The molecule has 5 heteroatoms. The number of para-hydroxylation sites is 1. The molecule has 1 N–H and O–H groups in total. The smallest absolute Gasteiger partial charge is 0.266 e. The molecule has 0 aliphatic carbocycles. The number of nitrogens with zero attached hydrogens (tertiary/aromatic N) is 1. The predicted molar refractivity (Wildman–Crippen MR) is 92.5 cm³/mol. The molecule has 0 bridgehead atoms. The van der Waals surface area contributed by atoms with Gasteiger partial charge in [0, 0.05) is 16.9 Å². The molecule has 2 aliphatic rings. The number of benzene rings is 2. The second-order valence-corrected chi connectivity index (χ2v) is 7.45. The summed E-state index contributed by atoms with van der Waals surface area (Å²) in [5.41, 5.74) is 3.51. The van der Waals surface area contributed by atoms with Crippen LogP contribution in [0.4, 0.5) is 11.4 Å². The molecule has 1 spiro atoms. The number of amides is 2. The van der Waals surface area contributed by atoms with Gasteiger partial charge in [-0.15, -0.1) is 11.8 Å². The van der Waals surface area contributed by atoms with Gasteiger partial charge in [0.05, 0.1) is 5.25 Å². The Morgan fingerprint density at radius 3 is 2.52 bits per heavy atom. The molecule has 1 fully saturated rings. The zero-order valence-electron chi connectivity index (χ0n) is 12.9. The highest BCUT2D eigenvalue weighted by Gasteiger charge is 2.60. The van der Waals surface area contributed by atoms with Crippen molar-refractivity contribution in [3.63, 3.8) is 0 Å². The molecule has 4 nitrogen and oxygen atoms in total. The number of nitrogens with one attached hydrogen (secondary N) is 1. The number of thioether (sulfide) groups is 1. The SMILES string of the molecule is Cc1ccc(N2C(=O)[C@@H](C)S[C@@]23C(=O)Nc2ccccc23)cc1. The van der Waals surface area contributed by atoms with E-state index in [4.69, 9.17) is 0 Å². The predicted octanol–water partition coefficient (Wildman–Crippen LogP) is 3.27. The van der Waals surface area contributed by atoms with E-state index in [0.29, 0.717) is 0 Å². The second-order valence-electron chi connectivity index (χ2n) is 5.91. The quantitative estimate of drug-likeness (QED) is 0.876. The molecule has 0 unspecified atom stereocenters. The summed E-state index contributed by atoms with van der Waals surface area (Å²) in [5.74, 6) is -0.187. The fraction of sp³-hybridized carbons (Fsp3) is 0.222. The first-order valence-electron chi connectivity index (χ1n) is 7.53. The van der Waals surface area contributed by atoms with Gasteiger partial charge in [-0.2, -0.15) is 0 Å². The highest BCUT2D eigenvalue weighted by atomic mass is 32.2. The molecule has 2 amide bonds. The maximum atomic E-state index is 12.9. The third-order valence-electron chi connectivity index (χ3n) is 4.37. The Labute approximate surface area is 138 Å². The van der Waals surface area contributed by atoms with Crippen molar-refractivity contribution in [3.05, 3.63) is 59.7 Å². The highest BCUT2D eigenvalue weighted by Crippen LogP contribution is 2.55. The minimum atomic E-state index is -1.01. The summed E-state index contributed by atoms with van der Waals surface area (Å²) >= 11 is 1.41. The average molecular weight is 324 g/mol. The molecule has 2 aromatic carbocycles. The lowest BCUT2D eigenvalue weighted by molar-refractivity contribution is -0.122. The van der Waals surface area contributed by atoms with E-state index in [1.807, 2.05) is 62.4 Å². The zero-order chi connectivity index (χ0) is 16.2. The number of rotatable bonds is 1. The van der Waals surface area contributed by atoms with Gasteiger partial charge in [-0.1, -0.05) is 35.9 Å². The monoisotopic (exact) mass is 324 g/mol. The Kier molecular flexibility index (Phi) is 3.03. The summed E-state index contributed by atoms with van der Waals surface area (Å²) in [6, 6.07) is 15.3. The van der Waals surface area contributed by atoms with Crippen LogP contribution in [0, 0.1) is 6.92 Å². The molecule has 0 aromatic heterocycles. The van der Waals surface area contributed by atoms with Crippen LogP contribution in [0.2, 0.25) is 0 Å². The van der Waals surface area contributed by atoms with E-state index in [9.17, 15) is 9.59 Å². The Balaban J connectivity index is 1.94. The van der Waals surface area contributed by atoms with Crippen molar-refractivity contribution in [2.75, 3.05) is 10.2 Å². The van der Waals surface area contributed by atoms with E-state index < -0.39 is 4.87 Å². The van der Waals surface area contributed by atoms with Crippen molar-refractivity contribution in [2.45, 2.75) is 24.0 Å². The van der Waals surface area contributed by atoms with Gasteiger partial charge in [-0.05, 0) is 32.0 Å². The number of fused-ring (bicyclic) bond motifs is 2. The Morgan fingerprint density at radius 1 is 1.09 bits per heavy atom. The fourth-order valence-electron chi connectivity index (χ4n) is 3.25. The van der Waals surface area contributed by atoms with Gasteiger partial charge in [0.25, 0.3) is 5.91 Å². The maximum Gasteiger partial charge on any atom is 0.266 e. The summed E-state index contributed by atoms with van der Waals surface area (Å²) < 4.78 is 0. The lowest BCUT2D eigenvalue weighted by atomic mass is 10.0. The lowest BCUT2D eigenvalue weighted by Gasteiger charge is -2.32. The number of hydrogen-bond donors (Lipinski definition) is 1. The number of carbonyl (C=O) groups excluding carboxylic acids is 2. The molecule has 2 atom stereocenters. The van der Waals surface area contributed by atoms with Gasteiger partial charge in [0.1, 0.15) is 0 Å². The third kappa shape index (κ3) is 1.86. The van der Waals surface area contributed by atoms with Crippen molar-refractivity contribution in [3.8, 4) is 0 Å². The van der Waals surface area contributed by atoms with Gasteiger partial charge in [0.2, 0.25) is 10.8 Å². The molecule has 0 saturated carbocycles. The van der Waals surface area contributed by atoms with Crippen LogP contribution < -0.4 is 10.2 Å². The number of carbonyl (C=O) groups is 2. The van der Waals surface area contributed by atoms with Crippen LogP contribution in [0.1, 0.15) is 18.1 Å². The van der Waals surface area contributed by atoms with Gasteiger partial charge in [-0.3, -0.25) is 14.5 Å². The normalized spacial score (nSPS) is 25.8. The first kappa shape index (κ1) is 14.3. The third-order valence-corrected chi connectivity index (χ3v) is 5.85. The fourth-order valence-corrected chi connectivity index (χ4v) is 4.74. The maximum absolute atomic E-state index is 12.9. The van der Waals surface area contributed by atoms with Crippen molar-refractivity contribution in [1.82, 2.24) is 0 Å². The molecule has 1 saturated heterocycles. The number of anilines is 2. The van der Waals surface area contributed by atoms with Crippen LogP contribution >= 0.6 is 11.8 Å². The first-order chi connectivity index (χ1) is 11.0. The summed E-state index contributed by atoms with van der Waals surface area (Å²) in [5, 5.41) is 2.66. The topological polar surface area (TPSA) is 49.4 Å². The lowest BCUT2D eigenvalue weighted by Crippen LogP contribution is -2.47. The summed E-state index contributed by atoms with van der Waals surface area (Å²) in [7, 11) is 0. The van der Waals surface area contributed by atoms with Crippen molar-refractivity contribution in [2.24, 2.45) is 0 Å². The highest BCUT2D eigenvalue weighted by molar-refractivity contribution is 8.03. The summed E-state index contributed by atoms with van der Waals surface area (Å²) in [4.78, 5) is 26.3. The van der Waals surface area contributed by atoms with Gasteiger partial charge in [-0.25, -0.2) is 0 Å². The van der Waals surface area contributed by atoms with Crippen molar-refractivity contribution in [1.29, 1.82) is 0 Å². The Bertz CT molecular complexity index is 818. The van der Waals surface area contributed by atoms with Gasteiger partial charge >= 0.3 is 0 Å². The standard InChI is InChI=1S/C18H16N2O2S/c1-11-7-9-13(10-8-11)20-16(21)12(2)23-18(20)14-5-3-4-6-15(14)19-17(18)22/h3-10,12H,1-2H3,(H,19,22)/t12-,18+/m1/s1. The van der Waals surface area contributed by atoms with Gasteiger partial charge in [0.15, 0.2) is 0 Å². The van der Waals surface area contributed by atoms with E-state index in [1.54, 1.807) is 4.90 Å². The molecular weight excluding hydrogens is 308 g/mol. The number of aryl methyl sites for hydroxylation is 1. The minimum absolute atomic E-state index is 0.0364. The molecule has 0 radical (unpaired) electrons. The van der Waals surface area contributed by atoms with Crippen LogP contribution in [0.25, 0.3) is 0 Å². The van der Waals surface area contributed by atoms with Crippen molar-refractivity contribution >= 4 is 35.0 Å². The Hall–Kier alpha value is -2.27. The average Bonchev–Trinajstić information content (AvgIpc) is 2.97. The van der Waals surface area contributed by atoms with Crippen LogP contribution in [0.15, 0.2) is 48.5 Å². The van der Waals surface area contributed by atoms with E-state index in [0.717, 1.165) is 22.5 Å². The summed E-state index contributed by atoms with van der Waals surface area (Å²) in [6.07, 6.45) is 0. The molecular formula is C18H16N2O2S.